The Kier molecular flexibility index (Phi) is 0.946. The van der Waals surface area contributed by atoms with E-state index in [0.29, 0.717) is 11.7 Å². The maximum Gasteiger partial charge on any atom is 0.146 e. The zero-order valence-electron chi connectivity index (χ0n) is 6.19. The normalized spacial score (nSPS) is 52.2. The van der Waals surface area contributed by atoms with Gasteiger partial charge in [-0.1, -0.05) is 12.2 Å². The Bertz CT molecular complexity index is 244. The van der Waals surface area contributed by atoms with E-state index >= 15 is 0 Å². The molecule has 3 rings (SSSR count). The summed E-state index contributed by atoms with van der Waals surface area (Å²) in [6.07, 6.45) is 5.27. The van der Waals surface area contributed by atoms with Crippen LogP contribution in [-0.4, -0.2) is 18.5 Å². The average molecular weight is 150 g/mol. The van der Waals surface area contributed by atoms with Gasteiger partial charge in [0.1, 0.15) is 5.78 Å². The molecule has 1 heterocycles. The molecule has 4 atom stereocenters. The van der Waals surface area contributed by atoms with Gasteiger partial charge in [0.15, 0.2) is 0 Å². The molecule has 2 nitrogen and oxygen atoms in total. The standard InChI is InChI=1S/C9H10O2/c10-9-5-1-2-7-8(9)6(3-5)4-11-7/h1-2,5-8H,3-4H2. The van der Waals surface area contributed by atoms with Crippen LogP contribution in [0.3, 0.4) is 0 Å². The van der Waals surface area contributed by atoms with Crippen molar-refractivity contribution in [1.82, 2.24) is 0 Å². The highest BCUT2D eigenvalue weighted by Gasteiger charge is 2.51. The smallest absolute Gasteiger partial charge is 0.146 e. The van der Waals surface area contributed by atoms with Crippen LogP contribution in [0.15, 0.2) is 12.2 Å². The molecule has 0 amide bonds. The molecule has 0 aromatic carbocycles. The second-order valence-corrected chi connectivity index (χ2v) is 3.71. The quantitative estimate of drug-likeness (QED) is 0.477. The van der Waals surface area contributed by atoms with Crippen molar-refractivity contribution in [3.8, 4) is 0 Å². The Balaban J connectivity index is 2.12. The molecule has 11 heavy (non-hydrogen) atoms. The average Bonchev–Trinajstić information content (AvgIpc) is 2.39. The molecule has 0 N–H and O–H groups in total. The summed E-state index contributed by atoms with van der Waals surface area (Å²) in [7, 11) is 0. The lowest BCUT2D eigenvalue weighted by Gasteiger charge is -2.17. The Morgan fingerprint density at radius 2 is 2.36 bits per heavy atom. The Morgan fingerprint density at radius 3 is 3.27 bits per heavy atom. The maximum absolute atomic E-state index is 11.5. The number of hydrogen-bond acceptors (Lipinski definition) is 2. The lowest BCUT2D eigenvalue weighted by molar-refractivity contribution is -0.124. The van der Waals surface area contributed by atoms with Crippen LogP contribution >= 0.6 is 0 Å². The van der Waals surface area contributed by atoms with E-state index in [1.54, 1.807) is 0 Å². The van der Waals surface area contributed by atoms with Crippen molar-refractivity contribution < 1.29 is 9.53 Å². The summed E-state index contributed by atoms with van der Waals surface area (Å²) in [5, 5.41) is 0. The number of fused-ring (bicyclic) bond motifs is 1. The van der Waals surface area contributed by atoms with Gasteiger partial charge in [-0.05, 0) is 12.3 Å². The van der Waals surface area contributed by atoms with Crippen molar-refractivity contribution >= 4 is 5.78 Å². The molecule has 2 bridgehead atoms. The van der Waals surface area contributed by atoms with Gasteiger partial charge in [0, 0.05) is 5.92 Å². The van der Waals surface area contributed by atoms with Crippen LogP contribution in [0.25, 0.3) is 0 Å². The fourth-order valence-electron chi connectivity index (χ4n) is 2.60. The second kappa shape index (κ2) is 1.75. The number of Topliss-reactive ketones (excluding diaryl/α,β-unsaturated/α-hetero) is 1. The summed E-state index contributed by atoms with van der Waals surface area (Å²) in [5.41, 5.74) is 0. The van der Waals surface area contributed by atoms with Gasteiger partial charge in [-0.3, -0.25) is 4.79 Å². The molecule has 0 aromatic rings. The van der Waals surface area contributed by atoms with Gasteiger partial charge in [0.05, 0.1) is 18.6 Å². The maximum atomic E-state index is 11.5. The topological polar surface area (TPSA) is 26.3 Å². The van der Waals surface area contributed by atoms with Crippen molar-refractivity contribution in [1.29, 1.82) is 0 Å². The highest BCUT2D eigenvalue weighted by molar-refractivity contribution is 5.89. The molecule has 4 unspecified atom stereocenters. The molecule has 58 valence electrons. The van der Waals surface area contributed by atoms with Gasteiger partial charge in [0.25, 0.3) is 0 Å². The van der Waals surface area contributed by atoms with Gasteiger partial charge >= 0.3 is 0 Å². The fraction of sp³-hybridized carbons (Fsp3) is 0.667. The molecule has 0 aromatic heterocycles. The first-order chi connectivity index (χ1) is 5.36. The van der Waals surface area contributed by atoms with Crippen LogP contribution in [0.1, 0.15) is 6.42 Å². The van der Waals surface area contributed by atoms with Gasteiger partial charge in [-0.15, -0.1) is 0 Å². The molecule has 2 aliphatic carbocycles. The number of rotatable bonds is 0. The molecule has 1 aliphatic heterocycles. The van der Waals surface area contributed by atoms with E-state index in [1.807, 2.05) is 6.08 Å². The van der Waals surface area contributed by atoms with Crippen molar-refractivity contribution in [3.63, 3.8) is 0 Å². The van der Waals surface area contributed by atoms with Crippen LogP contribution in [0.2, 0.25) is 0 Å². The largest absolute Gasteiger partial charge is 0.373 e. The van der Waals surface area contributed by atoms with E-state index in [2.05, 4.69) is 6.08 Å². The zero-order chi connectivity index (χ0) is 7.42. The summed E-state index contributed by atoms with van der Waals surface area (Å²) in [5.74, 6) is 1.43. The van der Waals surface area contributed by atoms with E-state index in [1.165, 1.54) is 0 Å². The predicted octanol–water partition coefficient (Wildman–Crippen LogP) is 0.776. The third-order valence-electron chi connectivity index (χ3n) is 3.15. The number of ether oxygens (including phenoxy) is 1. The minimum absolute atomic E-state index is 0.131. The van der Waals surface area contributed by atoms with Crippen LogP contribution in [0.5, 0.6) is 0 Å². The predicted molar refractivity (Wildman–Crippen MR) is 39.0 cm³/mol. The summed E-state index contributed by atoms with van der Waals surface area (Å²) in [6.45, 7) is 0.807. The summed E-state index contributed by atoms with van der Waals surface area (Å²) < 4.78 is 5.47. The van der Waals surface area contributed by atoms with Crippen LogP contribution in [0, 0.1) is 17.8 Å². The van der Waals surface area contributed by atoms with E-state index in [9.17, 15) is 4.79 Å². The SMILES string of the molecule is O=C1C2C=CC3OCC(C2)C13. The van der Waals surface area contributed by atoms with E-state index in [4.69, 9.17) is 4.74 Å². The third kappa shape index (κ3) is 0.590. The fourth-order valence-corrected chi connectivity index (χ4v) is 2.60. The molecule has 2 fully saturated rings. The summed E-state index contributed by atoms with van der Waals surface area (Å²) in [4.78, 5) is 11.5. The minimum atomic E-state index is 0.131. The van der Waals surface area contributed by atoms with Crippen LogP contribution < -0.4 is 0 Å². The first-order valence-corrected chi connectivity index (χ1v) is 4.20. The Labute approximate surface area is 65.2 Å². The van der Waals surface area contributed by atoms with Gasteiger partial charge < -0.3 is 4.74 Å². The van der Waals surface area contributed by atoms with Crippen LogP contribution in [0.4, 0.5) is 0 Å². The number of allylic oxidation sites excluding steroid dienone is 1. The number of hydrogen-bond donors (Lipinski definition) is 0. The molecule has 2 heteroatoms. The van der Waals surface area contributed by atoms with E-state index < -0.39 is 0 Å². The second-order valence-electron chi connectivity index (χ2n) is 3.71. The van der Waals surface area contributed by atoms with E-state index in [0.717, 1.165) is 13.0 Å². The van der Waals surface area contributed by atoms with Crippen molar-refractivity contribution in [2.45, 2.75) is 12.5 Å². The van der Waals surface area contributed by atoms with Gasteiger partial charge in [-0.2, -0.15) is 0 Å². The molecule has 0 spiro atoms. The number of ketones is 1. The Hall–Kier alpha value is -0.630. The third-order valence-corrected chi connectivity index (χ3v) is 3.15. The molecule has 3 aliphatic rings. The summed E-state index contributed by atoms with van der Waals surface area (Å²) in [6, 6.07) is 0. The zero-order valence-corrected chi connectivity index (χ0v) is 6.19. The van der Waals surface area contributed by atoms with Crippen molar-refractivity contribution in [2.75, 3.05) is 6.61 Å². The molecule has 1 saturated carbocycles. The lowest BCUT2D eigenvalue weighted by Crippen LogP contribution is -2.27. The molecular formula is C9H10O2. The molecular weight excluding hydrogens is 140 g/mol. The Morgan fingerprint density at radius 1 is 1.45 bits per heavy atom. The van der Waals surface area contributed by atoms with Gasteiger partial charge in [-0.25, -0.2) is 0 Å². The van der Waals surface area contributed by atoms with Crippen molar-refractivity contribution in [3.05, 3.63) is 12.2 Å². The molecule has 1 saturated heterocycles. The minimum Gasteiger partial charge on any atom is -0.373 e. The monoisotopic (exact) mass is 150 g/mol. The van der Waals surface area contributed by atoms with Gasteiger partial charge in [0.2, 0.25) is 0 Å². The highest BCUT2D eigenvalue weighted by atomic mass is 16.5. The summed E-state index contributed by atoms with van der Waals surface area (Å²) >= 11 is 0. The van der Waals surface area contributed by atoms with Crippen molar-refractivity contribution in [2.24, 2.45) is 17.8 Å². The number of carbonyl (C=O) groups is 1. The van der Waals surface area contributed by atoms with E-state index in [-0.39, 0.29) is 17.9 Å². The highest BCUT2D eigenvalue weighted by Crippen LogP contribution is 2.45. The first kappa shape index (κ1) is 5.95. The van der Waals surface area contributed by atoms with Crippen LogP contribution in [-0.2, 0) is 9.53 Å². The molecule has 0 radical (unpaired) electrons. The number of carbonyl (C=O) groups excluding carboxylic acids is 1. The first-order valence-electron chi connectivity index (χ1n) is 4.20. The lowest BCUT2D eigenvalue weighted by atomic mass is 9.90.